The first-order valence-electron chi connectivity index (χ1n) is 8.50. The molecule has 4 nitrogen and oxygen atoms in total. The van der Waals surface area contributed by atoms with Crippen LogP contribution in [0.5, 0.6) is 0 Å². The fourth-order valence-electron chi connectivity index (χ4n) is 3.17. The minimum atomic E-state index is -0.451. The van der Waals surface area contributed by atoms with Crippen molar-refractivity contribution >= 4 is 39.1 Å². The Morgan fingerprint density at radius 2 is 1.56 bits per heavy atom. The maximum Gasteiger partial charge on any atom is 0.270 e. The number of carbonyl (C=O) groups excluding carboxylic acids is 1. The lowest BCUT2D eigenvalue weighted by molar-refractivity contribution is -0.384. The van der Waals surface area contributed by atoms with E-state index in [1.807, 2.05) is 42.5 Å². The van der Waals surface area contributed by atoms with Crippen LogP contribution in [0.2, 0.25) is 0 Å². The van der Waals surface area contributed by atoms with E-state index in [1.54, 1.807) is 24.3 Å². The van der Waals surface area contributed by atoms with Gasteiger partial charge in [-0.15, -0.1) is 0 Å². The van der Waals surface area contributed by atoms with Gasteiger partial charge in [-0.3, -0.25) is 14.9 Å². The number of nitro benzene ring substituents is 1. The van der Waals surface area contributed by atoms with Gasteiger partial charge in [-0.25, -0.2) is 0 Å². The first-order chi connectivity index (χ1) is 13.1. The zero-order chi connectivity index (χ0) is 18.8. The van der Waals surface area contributed by atoms with Crippen LogP contribution in [0.25, 0.3) is 27.6 Å². The smallest absolute Gasteiger partial charge is 0.270 e. The van der Waals surface area contributed by atoms with Gasteiger partial charge >= 0.3 is 0 Å². The molecule has 0 amide bonds. The van der Waals surface area contributed by atoms with E-state index in [0.29, 0.717) is 11.1 Å². The highest BCUT2D eigenvalue weighted by Gasteiger charge is 2.07. The zero-order valence-corrected chi connectivity index (χ0v) is 14.3. The van der Waals surface area contributed by atoms with E-state index < -0.39 is 4.92 Å². The fraction of sp³-hybridized carbons (Fsp3) is 0. The van der Waals surface area contributed by atoms with E-state index in [1.165, 1.54) is 18.2 Å². The number of nitro groups is 1. The molecule has 4 rings (SSSR count). The average Bonchev–Trinajstić information content (AvgIpc) is 2.71. The maximum absolute atomic E-state index is 12.6. The number of rotatable bonds is 4. The molecular formula is C23H15NO3. The molecule has 0 aromatic heterocycles. The minimum Gasteiger partial charge on any atom is -0.289 e. The normalized spacial score (nSPS) is 11.3. The van der Waals surface area contributed by atoms with Gasteiger partial charge in [-0.05, 0) is 39.3 Å². The van der Waals surface area contributed by atoms with Crippen LogP contribution in [-0.2, 0) is 0 Å². The van der Waals surface area contributed by atoms with Crippen molar-refractivity contribution in [1.29, 1.82) is 0 Å². The molecular weight excluding hydrogens is 338 g/mol. The number of carbonyl (C=O) groups is 1. The molecule has 0 spiro atoms. The Balaban J connectivity index is 1.69. The van der Waals surface area contributed by atoms with Crippen LogP contribution in [0, 0.1) is 10.1 Å². The molecule has 0 saturated heterocycles. The quantitative estimate of drug-likeness (QED) is 0.153. The maximum atomic E-state index is 12.6. The van der Waals surface area contributed by atoms with Gasteiger partial charge in [0.15, 0.2) is 5.78 Å². The number of hydrogen-bond donors (Lipinski definition) is 0. The molecule has 0 unspecified atom stereocenters. The molecule has 0 atom stereocenters. The summed E-state index contributed by atoms with van der Waals surface area (Å²) < 4.78 is 0. The Hall–Kier alpha value is -3.79. The fourth-order valence-corrected chi connectivity index (χ4v) is 3.17. The molecule has 4 heteroatoms. The Morgan fingerprint density at radius 3 is 2.37 bits per heavy atom. The summed E-state index contributed by atoms with van der Waals surface area (Å²) in [4.78, 5) is 23.0. The number of fused-ring (bicyclic) bond motifs is 3. The molecule has 0 aliphatic rings. The standard InChI is InChI=1S/C23H15NO3/c25-23(13-8-16-4-3-6-20(14-16)24(26)27)19-12-11-18-10-9-17-5-1-2-7-21(17)22(18)15-19/h1-15H. The Bertz CT molecular complexity index is 1220. The van der Waals surface area contributed by atoms with Crippen LogP contribution in [0.1, 0.15) is 15.9 Å². The number of ketones is 1. The molecule has 0 aliphatic carbocycles. The summed E-state index contributed by atoms with van der Waals surface area (Å²) in [6.45, 7) is 0. The molecule has 0 aliphatic heterocycles. The summed E-state index contributed by atoms with van der Waals surface area (Å²) in [5.41, 5.74) is 1.20. The van der Waals surface area contributed by atoms with Gasteiger partial charge < -0.3 is 0 Å². The lowest BCUT2D eigenvalue weighted by atomic mass is 9.98. The molecule has 0 radical (unpaired) electrons. The molecule has 4 aromatic rings. The average molecular weight is 353 g/mol. The third kappa shape index (κ3) is 3.33. The third-order valence-electron chi connectivity index (χ3n) is 4.54. The summed E-state index contributed by atoms with van der Waals surface area (Å²) in [6, 6.07) is 24.0. The Kier molecular flexibility index (Phi) is 4.22. The highest BCUT2D eigenvalue weighted by molar-refractivity contribution is 6.13. The van der Waals surface area contributed by atoms with E-state index in [0.717, 1.165) is 21.5 Å². The van der Waals surface area contributed by atoms with E-state index in [2.05, 4.69) is 6.07 Å². The summed E-state index contributed by atoms with van der Waals surface area (Å²) in [7, 11) is 0. The second kappa shape index (κ2) is 6.84. The van der Waals surface area contributed by atoms with Crippen LogP contribution in [-0.4, -0.2) is 10.7 Å². The van der Waals surface area contributed by atoms with E-state index in [4.69, 9.17) is 0 Å². The van der Waals surface area contributed by atoms with Crippen molar-refractivity contribution in [2.24, 2.45) is 0 Å². The van der Waals surface area contributed by atoms with Gasteiger partial charge in [-0.1, -0.05) is 66.7 Å². The van der Waals surface area contributed by atoms with Crippen molar-refractivity contribution in [3.8, 4) is 0 Å². The Morgan fingerprint density at radius 1 is 0.815 bits per heavy atom. The zero-order valence-electron chi connectivity index (χ0n) is 14.3. The van der Waals surface area contributed by atoms with Gasteiger partial charge in [0.05, 0.1) is 4.92 Å². The van der Waals surface area contributed by atoms with Crippen molar-refractivity contribution in [3.63, 3.8) is 0 Å². The van der Waals surface area contributed by atoms with Crippen LogP contribution < -0.4 is 0 Å². The van der Waals surface area contributed by atoms with Crippen LogP contribution in [0.4, 0.5) is 5.69 Å². The summed E-state index contributed by atoms with van der Waals surface area (Å²) in [5, 5.41) is 15.2. The SMILES string of the molecule is O=C(C=Cc1cccc([N+](=O)[O-])c1)c1ccc2ccc3ccccc3c2c1. The van der Waals surface area contributed by atoms with Gasteiger partial charge in [-0.2, -0.15) is 0 Å². The topological polar surface area (TPSA) is 60.2 Å². The summed E-state index contributed by atoms with van der Waals surface area (Å²) in [5.74, 6) is -0.142. The van der Waals surface area contributed by atoms with E-state index in [9.17, 15) is 14.9 Å². The van der Waals surface area contributed by atoms with Crippen molar-refractivity contribution < 1.29 is 9.72 Å². The van der Waals surface area contributed by atoms with Crippen LogP contribution in [0.15, 0.2) is 84.9 Å². The molecule has 0 heterocycles. The first kappa shape index (κ1) is 16.7. The molecule has 4 aromatic carbocycles. The predicted molar refractivity (Wildman–Crippen MR) is 108 cm³/mol. The second-order valence-electron chi connectivity index (χ2n) is 6.27. The number of benzene rings is 4. The van der Waals surface area contributed by atoms with Crippen molar-refractivity contribution in [1.82, 2.24) is 0 Å². The largest absolute Gasteiger partial charge is 0.289 e. The summed E-state index contributed by atoms with van der Waals surface area (Å²) >= 11 is 0. The van der Waals surface area contributed by atoms with Crippen molar-refractivity contribution in [3.05, 3.63) is 106 Å². The molecule has 130 valence electrons. The van der Waals surface area contributed by atoms with Crippen molar-refractivity contribution in [2.75, 3.05) is 0 Å². The summed E-state index contributed by atoms with van der Waals surface area (Å²) in [6.07, 6.45) is 3.05. The minimum absolute atomic E-state index is 0.00164. The van der Waals surface area contributed by atoms with Gasteiger partial charge in [0, 0.05) is 17.7 Å². The predicted octanol–water partition coefficient (Wildman–Crippen LogP) is 5.80. The number of allylic oxidation sites excluding steroid dienone is 1. The van der Waals surface area contributed by atoms with E-state index >= 15 is 0 Å². The lowest BCUT2D eigenvalue weighted by Crippen LogP contribution is -1.94. The monoisotopic (exact) mass is 353 g/mol. The number of non-ortho nitro benzene ring substituents is 1. The van der Waals surface area contributed by atoms with Gasteiger partial charge in [0.1, 0.15) is 0 Å². The molecule has 0 bridgehead atoms. The lowest BCUT2D eigenvalue weighted by Gasteiger charge is -2.05. The van der Waals surface area contributed by atoms with Gasteiger partial charge in [0.2, 0.25) is 0 Å². The number of nitrogens with zero attached hydrogens (tertiary/aromatic N) is 1. The van der Waals surface area contributed by atoms with Crippen molar-refractivity contribution in [2.45, 2.75) is 0 Å². The third-order valence-corrected chi connectivity index (χ3v) is 4.54. The van der Waals surface area contributed by atoms with E-state index in [-0.39, 0.29) is 11.5 Å². The molecule has 0 N–H and O–H groups in total. The molecule has 27 heavy (non-hydrogen) atoms. The highest BCUT2D eigenvalue weighted by Crippen LogP contribution is 2.26. The second-order valence-corrected chi connectivity index (χ2v) is 6.27. The van der Waals surface area contributed by atoms with Crippen LogP contribution in [0.3, 0.4) is 0 Å². The van der Waals surface area contributed by atoms with Gasteiger partial charge in [0.25, 0.3) is 5.69 Å². The molecule has 0 saturated carbocycles. The first-order valence-corrected chi connectivity index (χ1v) is 8.50. The molecule has 0 fully saturated rings. The number of hydrogen-bond acceptors (Lipinski definition) is 3. The highest BCUT2D eigenvalue weighted by atomic mass is 16.6. The van der Waals surface area contributed by atoms with Crippen LogP contribution >= 0.6 is 0 Å². The Labute approximate surface area is 155 Å².